The van der Waals surface area contributed by atoms with Crippen molar-refractivity contribution < 1.29 is 9.53 Å². The quantitative estimate of drug-likeness (QED) is 0.784. The minimum atomic E-state index is -0.111. The van der Waals surface area contributed by atoms with E-state index in [1.807, 2.05) is 24.3 Å². The zero-order valence-corrected chi connectivity index (χ0v) is 9.82. The summed E-state index contributed by atoms with van der Waals surface area (Å²) in [5.41, 5.74) is 7.31. The lowest BCUT2D eigenvalue weighted by atomic mass is 10.2. The van der Waals surface area contributed by atoms with Gasteiger partial charge in [-0.05, 0) is 36.5 Å². The minimum absolute atomic E-state index is 0.111. The maximum absolute atomic E-state index is 11.5. The van der Waals surface area contributed by atoms with E-state index < -0.39 is 0 Å². The van der Waals surface area contributed by atoms with Crippen LogP contribution in [0.4, 0.5) is 5.69 Å². The Kier molecular flexibility index (Phi) is 4.12. The number of carbonyl (C=O) groups is 1. The third kappa shape index (κ3) is 4.17. The van der Waals surface area contributed by atoms with Crippen LogP contribution in [0.25, 0.3) is 0 Å². The standard InChI is InChI=1S/C13H18N2O2/c14-7-11-2-1-3-12(6-11)15-13(16)9-17-8-10-4-5-10/h1-3,6,10H,4-5,7-9,14H2,(H,15,16). The van der Waals surface area contributed by atoms with Crippen molar-refractivity contribution >= 4 is 11.6 Å². The highest BCUT2D eigenvalue weighted by Crippen LogP contribution is 2.28. The van der Waals surface area contributed by atoms with Crippen molar-refractivity contribution in [3.05, 3.63) is 29.8 Å². The Labute approximate surface area is 101 Å². The fourth-order valence-electron chi connectivity index (χ4n) is 1.58. The smallest absolute Gasteiger partial charge is 0.250 e. The first-order valence-electron chi connectivity index (χ1n) is 5.94. The maximum Gasteiger partial charge on any atom is 0.250 e. The summed E-state index contributed by atoms with van der Waals surface area (Å²) in [6, 6.07) is 7.53. The number of benzene rings is 1. The molecule has 0 atom stereocenters. The number of anilines is 1. The van der Waals surface area contributed by atoms with Crippen molar-refractivity contribution in [3.8, 4) is 0 Å². The number of amides is 1. The van der Waals surface area contributed by atoms with Gasteiger partial charge in [-0.3, -0.25) is 4.79 Å². The van der Waals surface area contributed by atoms with Crippen LogP contribution in [0.3, 0.4) is 0 Å². The second-order valence-corrected chi connectivity index (χ2v) is 4.41. The van der Waals surface area contributed by atoms with Crippen LogP contribution in [0.1, 0.15) is 18.4 Å². The molecule has 0 heterocycles. The highest BCUT2D eigenvalue weighted by Gasteiger charge is 2.21. The van der Waals surface area contributed by atoms with Crippen molar-refractivity contribution in [2.75, 3.05) is 18.5 Å². The summed E-state index contributed by atoms with van der Waals surface area (Å²) in [4.78, 5) is 11.5. The summed E-state index contributed by atoms with van der Waals surface area (Å²) < 4.78 is 5.31. The molecule has 1 amide bonds. The molecule has 0 saturated heterocycles. The largest absolute Gasteiger partial charge is 0.371 e. The van der Waals surface area contributed by atoms with Gasteiger partial charge in [-0.1, -0.05) is 12.1 Å². The van der Waals surface area contributed by atoms with Crippen LogP contribution in [0, 0.1) is 5.92 Å². The molecule has 4 heteroatoms. The lowest BCUT2D eigenvalue weighted by Crippen LogP contribution is -2.19. The molecule has 1 fully saturated rings. The maximum atomic E-state index is 11.5. The summed E-state index contributed by atoms with van der Waals surface area (Å²) in [5.74, 6) is 0.572. The molecule has 1 aromatic rings. The van der Waals surface area contributed by atoms with E-state index in [2.05, 4.69) is 5.32 Å². The van der Waals surface area contributed by atoms with Gasteiger partial charge in [0.05, 0.1) is 6.61 Å². The molecule has 0 spiro atoms. The zero-order valence-electron chi connectivity index (χ0n) is 9.82. The molecule has 0 bridgehead atoms. The van der Waals surface area contributed by atoms with Crippen LogP contribution in [-0.4, -0.2) is 19.1 Å². The number of ether oxygens (including phenoxy) is 1. The molecule has 17 heavy (non-hydrogen) atoms. The molecule has 3 N–H and O–H groups in total. The highest BCUT2D eigenvalue weighted by atomic mass is 16.5. The van der Waals surface area contributed by atoms with E-state index in [0.717, 1.165) is 11.3 Å². The molecule has 0 radical (unpaired) electrons. The summed E-state index contributed by atoms with van der Waals surface area (Å²) in [7, 11) is 0. The lowest BCUT2D eigenvalue weighted by molar-refractivity contribution is -0.120. The Balaban J connectivity index is 1.75. The third-order valence-corrected chi connectivity index (χ3v) is 2.73. The van der Waals surface area contributed by atoms with Gasteiger partial charge in [-0.25, -0.2) is 0 Å². The normalized spacial score (nSPS) is 14.6. The first-order chi connectivity index (χ1) is 8.28. The van der Waals surface area contributed by atoms with Gasteiger partial charge in [-0.15, -0.1) is 0 Å². The van der Waals surface area contributed by atoms with Crippen molar-refractivity contribution in [1.82, 2.24) is 0 Å². The van der Waals surface area contributed by atoms with E-state index in [1.54, 1.807) is 0 Å². The van der Waals surface area contributed by atoms with Crippen molar-refractivity contribution in [2.45, 2.75) is 19.4 Å². The number of hydrogen-bond donors (Lipinski definition) is 2. The van der Waals surface area contributed by atoms with E-state index in [4.69, 9.17) is 10.5 Å². The van der Waals surface area contributed by atoms with Crippen LogP contribution in [0.2, 0.25) is 0 Å². The Bertz CT molecular complexity index is 389. The second-order valence-electron chi connectivity index (χ2n) is 4.41. The van der Waals surface area contributed by atoms with Gasteiger partial charge >= 0.3 is 0 Å². The Hall–Kier alpha value is -1.39. The first-order valence-corrected chi connectivity index (χ1v) is 5.94. The molecule has 1 saturated carbocycles. The number of nitrogens with one attached hydrogen (secondary N) is 1. The molecule has 0 aliphatic heterocycles. The third-order valence-electron chi connectivity index (χ3n) is 2.73. The molecule has 0 aromatic heterocycles. The van der Waals surface area contributed by atoms with E-state index >= 15 is 0 Å². The van der Waals surface area contributed by atoms with Gasteiger partial charge in [0.15, 0.2) is 0 Å². The van der Waals surface area contributed by atoms with Crippen molar-refractivity contribution in [2.24, 2.45) is 11.7 Å². The molecular weight excluding hydrogens is 216 g/mol. The highest BCUT2D eigenvalue weighted by molar-refractivity contribution is 5.91. The van der Waals surface area contributed by atoms with Crippen molar-refractivity contribution in [3.63, 3.8) is 0 Å². The Morgan fingerprint density at radius 2 is 2.29 bits per heavy atom. The molecule has 0 unspecified atom stereocenters. The monoisotopic (exact) mass is 234 g/mol. The number of hydrogen-bond acceptors (Lipinski definition) is 3. The molecule has 92 valence electrons. The molecule has 1 aliphatic carbocycles. The van der Waals surface area contributed by atoms with Gasteiger partial charge in [0.2, 0.25) is 5.91 Å². The predicted molar refractivity (Wildman–Crippen MR) is 66.5 cm³/mol. The first kappa shape index (κ1) is 12.1. The van der Waals surface area contributed by atoms with Gasteiger partial charge in [-0.2, -0.15) is 0 Å². The van der Waals surface area contributed by atoms with Gasteiger partial charge < -0.3 is 15.8 Å². The van der Waals surface area contributed by atoms with Crippen LogP contribution < -0.4 is 11.1 Å². The van der Waals surface area contributed by atoms with Crippen LogP contribution >= 0.6 is 0 Å². The average Bonchev–Trinajstić information content (AvgIpc) is 3.13. The second kappa shape index (κ2) is 5.80. The van der Waals surface area contributed by atoms with Crippen LogP contribution in [0.5, 0.6) is 0 Å². The fourth-order valence-corrected chi connectivity index (χ4v) is 1.58. The summed E-state index contributed by atoms with van der Waals surface area (Å²) in [6.45, 7) is 1.31. The lowest BCUT2D eigenvalue weighted by Gasteiger charge is -2.07. The van der Waals surface area contributed by atoms with Crippen LogP contribution in [0.15, 0.2) is 24.3 Å². The summed E-state index contributed by atoms with van der Waals surface area (Å²) in [6.07, 6.45) is 2.47. The van der Waals surface area contributed by atoms with E-state index in [-0.39, 0.29) is 12.5 Å². The van der Waals surface area contributed by atoms with Crippen molar-refractivity contribution in [1.29, 1.82) is 0 Å². The number of rotatable bonds is 6. The van der Waals surface area contributed by atoms with Gasteiger partial charge in [0, 0.05) is 12.2 Å². The predicted octanol–water partition coefficient (Wildman–Crippen LogP) is 1.51. The van der Waals surface area contributed by atoms with E-state index in [9.17, 15) is 4.79 Å². The SMILES string of the molecule is NCc1cccc(NC(=O)COCC2CC2)c1. The zero-order chi connectivity index (χ0) is 12.1. The summed E-state index contributed by atoms with van der Waals surface area (Å²) >= 11 is 0. The number of carbonyl (C=O) groups excluding carboxylic acids is 1. The molecular formula is C13H18N2O2. The van der Waals surface area contributed by atoms with Crippen LogP contribution in [-0.2, 0) is 16.1 Å². The van der Waals surface area contributed by atoms with Gasteiger partial charge in [0.25, 0.3) is 0 Å². The minimum Gasteiger partial charge on any atom is -0.371 e. The molecule has 2 rings (SSSR count). The molecule has 1 aromatic carbocycles. The van der Waals surface area contributed by atoms with E-state index in [1.165, 1.54) is 12.8 Å². The Morgan fingerprint density at radius 1 is 1.47 bits per heavy atom. The fraction of sp³-hybridized carbons (Fsp3) is 0.462. The van der Waals surface area contributed by atoms with Gasteiger partial charge in [0.1, 0.15) is 6.61 Å². The molecule has 1 aliphatic rings. The Morgan fingerprint density at radius 3 is 3.00 bits per heavy atom. The topological polar surface area (TPSA) is 64.3 Å². The van der Waals surface area contributed by atoms with E-state index in [0.29, 0.717) is 19.1 Å². The number of nitrogens with two attached hydrogens (primary N) is 1. The molecule has 4 nitrogen and oxygen atoms in total. The summed E-state index contributed by atoms with van der Waals surface area (Å²) in [5, 5.41) is 2.79. The average molecular weight is 234 g/mol.